The van der Waals surface area contributed by atoms with E-state index in [9.17, 15) is 13.2 Å². The fourth-order valence-corrected chi connectivity index (χ4v) is 5.00. The summed E-state index contributed by atoms with van der Waals surface area (Å²) in [4.78, 5) is 11.1. The third kappa shape index (κ3) is 3.27. The van der Waals surface area contributed by atoms with Crippen molar-refractivity contribution in [2.75, 3.05) is 20.2 Å². The number of rotatable bonds is 5. The molecule has 1 aromatic heterocycles. The summed E-state index contributed by atoms with van der Waals surface area (Å²) in [5, 5.41) is 1.67. The first-order valence-corrected chi connectivity index (χ1v) is 7.84. The molecule has 1 heterocycles. The molecular formula is C9H12BrNO4S2. The fraction of sp³-hybridized carbons (Fsp3) is 0.444. The summed E-state index contributed by atoms with van der Waals surface area (Å²) in [6.45, 7) is 1.60. The number of likely N-dealkylation sites (N-methyl/N-ethyl adjacent to an activating group) is 1. The van der Waals surface area contributed by atoms with Gasteiger partial charge in [-0.3, -0.25) is 4.79 Å². The number of halogens is 1. The van der Waals surface area contributed by atoms with Gasteiger partial charge in [-0.1, -0.05) is 6.92 Å². The number of esters is 1. The normalized spacial score (nSPS) is 11.8. The van der Waals surface area contributed by atoms with E-state index in [1.54, 1.807) is 18.4 Å². The molecule has 1 rings (SSSR count). The van der Waals surface area contributed by atoms with Crippen molar-refractivity contribution in [3.8, 4) is 0 Å². The Labute approximate surface area is 113 Å². The average Bonchev–Trinajstić information content (AvgIpc) is 2.72. The van der Waals surface area contributed by atoms with Gasteiger partial charge in [-0.15, -0.1) is 11.3 Å². The van der Waals surface area contributed by atoms with Crippen molar-refractivity contribution in [1.82, 2.24) is 4.31 Å². The number of sulfonamides is 1. The maximum Gasteiger partial charge on any atom is 0.321 e. The Hall–Kier alpha value is -0.440. The molecular weight excluding hydrogens is 330 g/mol. The minimum absolute atomic E-state index is 0.197. The maximum atomic E-state index is 12.2. The van der Waals surface area contributed by atoms with Crippen LogP contribution in [0.1, 0.15) is 6.92 Å². The number of ether oxygens (including phenoxy) is 1. The Kier molecular flexibility index (Phi) is 5.11. The zero-order valence-corrected chi connectivity index (χ0v) is 12.6. The van der Waals surface area contributed by atoms with E-state index < -0.39 is 16.0 Å². The molecule has 0 saturated heterocycles. The first-order valence-electron chi connectivity index (χ1n) is 4.73. The minimum atomic E-state index is -3.64. The van der Waals surface area contributed by atoms with Crippen LogP contribution in [0.5, 0.6) is 0 Å². The van der Waals surface area contributed by atoms with E-state index >= 15 is 0 Å². The number of methoxy groups -OCH3 is 1. The lowest BCUT2D eigenvalue weighted by atomic mass is 10.6. The molecule has 8 heteroatoms. The highest BCUT2D eigenvalue weighted by Gasteiger charge is 2.28. The van der Waals surface area contributed by atoms with Gasteiger partial charge in [-0.25, -0.2) is 8.42 Å². The minimum Gasteiger partial charge on any atom is -0.468 e. The summed E-state index contributed by atoms with van der Waals surface area (Å²) in [6.07, 6.45) is 0. The predicted molar refractivity (Wildman–Crippen MR) is 68.5 cm³/mol. The molecule has 0 amide bonds. The van der Waals surface area contributed by atoms with Crippen molar-refractivity contribution < 1.29 is 17.9 Å². The lowest BCUT2D eigenvalue weighted by Gasteiger charge is -2.18. The number of nitrogens with zero attached hydrogens (tertiary/aromatic N) is 1. The Morgan fingerprint density at radius 3 is 2.65 bits per heavy atom. The van der Waals surface area contributed by atoms with Gasteiger partial charge in [0, 0.05) is 11.0 Å². The zero-order valence-electron chi connectivity index (χ0n) is 9.34. The van der Waals surface area contributed by atoms with Crippen molar-refractivity contribution in [2.24, 2.45) is 0 Å². The summed E-state index contributed by atoms with van der Waals surface area (Å²) in [6, 6.07) is 1.66. The molecule has 0 aliphatic carbocycles. The van der Waals surface area contributed by atoms with Gasteiger partial charge in [0.15, 0.2) is 0 Å². The number of carbonyl (C=O) groups excluding carboxylic acids is 1. The third-order valence-corrected chi connectivity index (χ3v) is 6.61. The summed E-state index contributed by atoms with van der Waals surface area (Å²) >= 11 is 4.28. The molecule has 0 spiro atoms. The number of hydrogen-bond donors (Lipinski definition) is 0. The first kappa shape index (κ1) is 14.6. The van der Waals surface area contributed by atoms with E-state index in [0.29, 0.717) is 4.47 Å². The second kappa shape index (κ2) is 5.94. The molecule has 0 saturated carbocycles. The lowest BCUT2D eigenvalue weighted by Crippen LogP contribution is -2.35. The maximum absolute atomic E-state index is 12.2. The van der Waals surface area contributed by atoms with Crippen LogP contribution in [-0.4, -0.2) is 38.9 Å². The first-order chi connectivity index (χ1) is 7.93. The Bertz CT molecular complexity index is 497. The molecule has 0 N–H and O–H groups in total. The van der Waals surface area contributed by atoms with Gasteiger partial charge in [0.2, 0.25) is 0 Å². The summed E-state index contributed by atoms with van der Waals surface area (Å²) in [7, 11) is -2.41. The molecule has 17 heavy (non-hydrogen) atoms. The SMILES string of the molecule is CCN(CC(=O)OC)S(=O)(=O)c1sccc1Br. The van der Waals surface area contributed by atoms with Gasteiger partial charge in [0.05, 0.1) is 7.11 Å². The molecule has 0 unspecified atom stereocenters. The highest BCUT2D eigenvalue weighted by Crippen LogP contribution is 2.30. The van der Waals surface area contributed by atoms with Gasteiger partial charge >= 0.3 is 5.97 Å². The lowest BCUT2D eigenvalue weighted by molar-refractivity contribution is -0.140. The Morgan fingerprint density at radius 1 is 1.59 bits per heavy atom. The van der Waals surface area contributed by atoms with Gasteiger partial charge in [0.25, 0.3) is 10.0 Å². The van der Waals surface area contributed by atoms with Crippen LogP contribution in [0, 0.1) is 0 Å². The van der Waals surface area contributed by atoms with E-state index in [1.165, 1.54) is 7.11 Å². The van der Waals surface area contributed by atoms with E-state index in [4.69, 9.17) is 0 Å². The molecule has 96 valence electrons. The molecule has 5 nitrogen and oxygen atoms in total. The largest absolute Gasteiger partial charge is 0.468 e. The van der Waals surface area contributed by atoms with Crippen molar-refractivity contribution in [3.05, 3.63) is 15.9 Å². The smallest absolute Gasteiger partial charge is 0.321 e. The second-order valence-electron chi connectivity index (χ2n) is 3.06. The molecule has 1 aromatic rings. The molecule has 0 fully saturated rings. The highest BCUT2D eigenvalue weighted by atomic mass is 79.9. The molecule has 0 aliphatic rings. The van der Waals surface area contributed by atoms with Crippen LogP contribution in [0.2, 0.25) is 0 Å². The molecule has 0 atom stereocenters. The van der Waals surface area contributed by atoms with Crippen molar-refractivity contribution in [3.63, 3.8) is 0 Å². The number of hydrogen-bond acceptors (Lipinski definition) is 5. The topological polar surface area (TPSA) is 63.7 Å². The summed E-state index contributed by atoms with van der Waals surface area (Å²) in [5.41, 5.74) is 0. The van der Waals surface area contributed by atoms with E-state index in [-0.39, 0.29) is 17.3 Å². The van der Waals surface area contributed by atoms with Crippen LogP contribution in [-0.2, 0) is 19.6 Å². The van der Waals surface area contributed by atoms with Crippen LogP contribution in [0.4, 0.5) is 0 Å². The zero-order chi connectivity index (χ0) is 13.1. The highest BCUT2D eigenvalue weighted by molar-refractivity contribution is 9.10. The van der Waals surface area contributed by atoms with E-state index in [0.717, 1.165) is 15.6 Å². The van der Waals surface area contributed by atoms with Gasteiger partial charge in [-0.2, -0.15) is 4.31 Å². The Morgan fingerprint density at radius 2 is 2.24 bits per heavy atom. The van der Waals surface area contributed by atoms with E-state index in [2.05, 4.69) is 20.7 Å². The summed E-state index contributed by atoms with van der Waals surface area (Å²) < 4.78 is 30.6. The van der Waals surface area contributed by atoms with Gasteiger partial charge < -0.3 is 4.74 Å². The van der Waals surface area contributed by atoms with E-state index in [1.807, 2.05) is 0 Å². The standard InChI is InChI=1S/C9H12BrNO4S2/c1-3-11(6-8(12)15-2)17(13,14)9-7(10)4-5-16-9/h4-5H,3,6H2,1-2H3. The Balaban J connectivity index is 3.03. The third-order valence-electron chi connectivity index (χ3n) is 2.04. The average molecular weight is 342 g/mol. The number of carbonyl (C=O) groups is 1. The van der Waals surface area contributed by atoms with Crippen LogP contribution in [0.3, 0.4) is 0 Å². The number of thiophene rings is 1. The van der Waals surface area contributed by atoms with Gasteiger partial charge in [-0.05, 0) is 27.4 Å². The second-order valence-corrected chi connectivity index (χ2v) is 6.97. The quantitative estimate of drug-likeness (QED) is 0.764. The van der Waals surface area contributed by atoms with Crippen LogP contribution < -0.4 is 0 Å². The molecule has 0 aliphatic heterocycles. The van der Waals surface area contributed by atoms with Crippen LogP contribution >= 0.6 is 27.3 Å². The van der Waals surface area contributed by atoms with Crippen molar-refractivity contribution >= 4 is 43.3 Å². The van der Waals surface area contributed by atoms with Crippen molar-refractivity contribution in [2.45, 2.75) is 11.1 Å². The molecule has 0 radical (unpaired) electrons. The van der Waals surface area contributed by atoms with Gasteiger partial charge in [0.1, 0.15) is 10.8 Å². The molecule has 0 aromatic carbocycles. The van der Waals surface area contributed by atoms with Crippen LogP contribution in [0.25, 0.3) is 0 Å². The monoisotopic (exact) mass is 341 g/mol. The molecule has 0 bridgehead atoms. The predicted octanol–water partition coefficient (Wildman–Crippen LogP) is 1.69. The van der Waals surface area contributed by atoms with Crippen molar-refractivity contribution in [1.29, 1.82) is 0 Å². The fourth-order valence-electron chi connectivity index (χ4n) is 1.16. The van der Waals surface area contributed by atoms with Crippen LogP contribution in [0.15, 0.2) is 20.1 Å². The summed E-state index contributed by atoms with van der Waals surface area (Å²) in [5.74, 6) is -0.580.